The van der Waals surface area contributed by atoms with Crippen LogP contribution >= 0.6 is 46.0 Å². The first-order chi connectivity index (χ1) is 13.8. The summed E-state index contributed by atoms with van der Waals surface area (Å²) >= 11 is 9.39. The van der Waals surface area contributed by atoms with E-state index in [9.17, 15) is 19.7 Å². The van der Waals surface area contributed by atoms with E-state index in [1.165, 1.54) is 23.5 Å². The first kappa shape index (κ1) is 21.0. The summed E-state index contributed by atoms with van der Waals surface area (Å²) < 4.78 is 0.453. The summed E-state index contributed by atoms with van der Waals surface area (Å²) in [5.74, 6) is -0.871. The van der Waals surface area contributed by atoms with E-state index in [-0.39, 0.29) is 33.1 Å². The summed E-state index contributed by atoms with van der Waals surface area (Å²) in [6.45, 7) is 1.78. The number of nitrogens with zero attached hydrogens (tertiary/aromatic N) is 5. The van der Waals surface area contributed by atoms with Crippen molar-refractivity contribution in [1.82, 2.24) is 20.4 Å². The van der Waals surface area contributed by atoms with Gasteiger partial charge < -0.3 is 0 Å². The summed E-state index contributed by atoms with van der Waals surface area (Å²) in [6.07, 6.45) is 0. The number of carbonyl (C=O) groups is 2. The summed E-state index contributed by atoms with van der Waals surface area (Å²) in [4.78, 5) is 34.5. The first-order valence-electron chi connectivity index (χ1n) is 7.63. The number of thioether (sulfide) groups is 1. The lowest BCUT2D eigenvalue weighted by atomic mass is 10.2. The average Bonchev–Trinajstić information content (AvgIpc) is 3.28. The lowest BCUT2D eigenvalue weighted by molar-refractivity contribution is -0.384. The Hall–Kier alpha value is -2.68. The number of non-ortho nitro benzene ring substituents is 1. The van der Waals surface area contributed by atoms with Crippen LogP contribution in [0.4, 0.5) is 16.0 Å². The number of nitro groups is 1. The van der Waals surface area contributed by atoms with Crippen LogP contribution in [0.3, 0.4) is 0 Å². The molecule has 15 heteroatoms. The molecular formula is C14H10ClN7O4S3. The smallest absolute Gasteiger partial charge is 0.270 e. The van der Waals surface area contributed by atoms with Gasteiger partial charge in [-0.1, -0.05) is 46.0 Å². The minimum atomic E-state index is -0.657. The molecule has 0 saturated carbocycles. The van der Waals surface area contributed by atoms with Crippen LogP contribution in [0.5, 0.6) is 0 Å². The Morgan fingerprint density at radius 1 is 1.17 bits per heavy atom. The molecule has 3 rings (SSSR count). The molecule has 0 bridgehead atoms. The van der Waals surface area contributed by atoms with Crippen LogP contribution in [-0.4, -0.2) is 42.9 Å². The molecule has 0 unspecified atom stereocenters. The van der Waals surface area contributed by atoms with Crippen LogP contribution < -0.4 is 10.6 Å². The zero-order valence-electron chi connectivity index (χ0n) is 14.4. The number of carbonyl (C=O) groups excluding carboxylic acids is 2. The fourth-order valence-corrected chi connectivity index (χ4v) is 4.27. The van der Waals surface area contributed by atoms with Gasteiger partial charge in [-0.05, 0) is 13.0 Å². The van der Waals surface area contributed by atoms with E-state index in [0.717, 1.165) is 34.2 Å². The van der Waals surface area contributed by atoms with Gasteiger partial charge in [0, 0.05) is 12.1 Å². The van der Waals surface area contributed by atoms with Gasteiger partial charge >= 0.3 is 0 Å². The minimum absolute atomic E-state index is 0.0583. The summed E-state index contributed by atoms with van der Waals surface area (Å²) in [5.41, 5.74) is -0.318. The maximum atomic E-state index is 12.3. The van der Waals surface area contributed by atoms with E-state index >= 15 is 0 Å². The molecule has 0 aliphatic carbocycles. The fraction of sp³-hybridized carbons (Fsp3) is 0.143. The van der Waals surface area contributed by atoms with Gasteiger partial charge in [0.15, 0.2) is 4.34 Å². The van der Waals surface area contributed by atoms with E-state index in [1.54, 1.807) is 6.92 Å². The molecule has 2 amide bonds. The van der Waals surface area contributed by atoms with Gasteiger partial charge in [-0.15, -0.1) is 20.4 Å². The van der Waals surface area contributed by atoms with Crippen LogP contribution in [0, 0.1) is 17.0 Å². The molecule has 0 radical (unpaired) electrons. The Balaban J connectivity index is 1.57. The maximum absolute atomic E-state index is 12.3. The molecule has 0 aliphatic heterocycles. The molecule has 0 aliphatic rings. The number of nitrogens with one attached hydrogen (secondary N) is 2. The van der Waals surface area contributed by atoms with Crippen molar-refractivity contribution in [2.45, 2.75) is 11.3 Å². The Kier molecular flexibility index (Phi) is 6.68. The molecule has 0 spiro atoms. The predicted molar refractivity (Wildman–Crippen MR) is 110 cm³/mol. The Morgan fingerprint density at radius 3 is 2.59 bits per heavy atom. The predicted octanol–water partition coefficient (Wildman–Crippen LogP) is 3.24. The zero-order valence-corrected chi connectivity index (χ0v) is 17.6. The fourth-order valence-electron chi connectivity index (χ4n) is 1.91. The van der Waals surface area contributed by atoms with E-state index in [0.29, 0.717) is 9.47 Å². The quantitative estimate of drug-likeness (QED) is 0.229. The number of rotatable bonds is 7. The largest absolute Gasteiger partial charge is 0.300 e. The van der Waals surface area contributed by atoms with E-state index in [1.807, 2.05) is 0 Å². The number of amides is 2. The lowest BCUT2D eigenvalue weighted by Gasteiger charge is -2.03. The van der Waals surface area contributed by atoms with Gasteiger partial charge in [0.2, 0.25) is 16.2 Å². The number of halogens is 1. The highest BCUT2D eigenvalue weighted by Gasteiger charge is 2.18. The Bertz CT molecular complexity index is 1090. The van der Waals surface area contributed by atoms with Crippen LogP contribution in [-0.2, 0) is 4.79 Å². The number of aryl methyl sites for hydroxylation is 1. The van der Waals surface area contributed by atoms with Gasteiger partial charge in [-0.3, -0.25) is 30.3 Å². The molecule has 3 aromatic rings. The van der Waals surface area contributed by atoms with Crippen molar-refractivity contribution in [1.29, 1.82) is 0 Å². The van der Waals surface area contributed by atoms with Gasteiger partial charge in [0.25, 0.3) is 11.6 Å². The van der Waals surface area contributed by atoms with E-state index in [4.69, 9.17) is 11.6 Å². The third-order valence-corrected chi connectivity index (χ3v) is 6.19. The molecule has 150 valence electrons. The van der Waals surface area contributed by atoms with Crippen LogP contribution in [0.25, 0.3) is 0 Å². The number of aromatic nitrogens is 4. The SMILES string of the molecule is Cc1nnc(NC(=O)CSc2nnc(NC(=O)c3cc([N+](=O)[O-])ccc3Cl)s2)s1. The lowest BCUT2D eigenvalue weighted by Crippen LogP contribution is -2.13. The van der Waals surface area contributed by atoms with E-state index < -0.39 is 10.8 Å². The van der Waals surface area contributed by atoms with Crippen molar-refractivity contribution in [3.05, 3.63) is 43.9 Å². The molecule has 0 saturated heterocycles. The number of hydrogen-bond donors (Lipinski definition) is 2. The van der Waals surface area contributed by atoms with Crippen LogP contribution in [0.15, 0.2) is 22.5 Å². The topological polar surface area (TPSA) is 153 Å². The van der Waals surface area contributed by atoms with Crippen LogP contribution in [0.1, 0.15) is 15.4 Å². The second-order valence-corrected chi connectivity index (χ2v) is 9.00. The van der Waals surface area contributed by atoms with Gasteiger partial charge in [0.1, 0.15) is 5.01 Å². The van der Waals surface area contributed by atoms with Gasteiger partial charge in [0.05, 0.1) is 21.3 Å². The van der Waals surface area contributed by atoms with Crippen molar-refractivity contribution in [2.24, 2.45) is 0 Å². The zero-order chi connectivity index (χ0) is 21.0. The maximum Gasteiger partial charge on any atom is 0.270 e. The summed E-state index contributed by atoms with van der Waals surface area (Å²) in [6, 6.07) is 3.55. The average molecular weight is 472 g/mol. The Labute approximate surface area is 180 Å². The normalized spacial score (nSPS) is 10.6. The number of anilines is 2. The van der Waals surface area contributed by atoms with Crippen LogP contribution in [0.2, 0.25) is 5.02 Å². The summed E-state index contributed by atoms with van der Waals surface area (Å²) in [7, 11) is 0. The third-order valence-electron chi connectivity index (χ3n) is 3.13. The monoisotopic (exact) mass is 471 g/mol. The number of benzene rings is 1. The molecule has 2 aromatic heterocycles. The van der Waals surface area contributed by atoms with Crippen molar-refractivity contribution in [3.63, 3.8) is 0 Å². The van der Waals surface area contributed by atoms with Crippen molar-refractivity contribution in [3.8, 4) is 0 Å². The van der Waals surface area contributed by atoms with Crippen molar-refractivity contribution in [2.75, 3.05) is 16.4 Å². The minimum Gasteiger partial charge on any atom is -0.300 e. The first-order valence-corrected chi connectivity index (χ1v) is 10.6. The number of hydrogen-bond acceptors (Lipinski definition) is 11. The molecule has 2 heterocycles. The highest BCUT2D eigenvalue weighted by molar-refractivity contribution is 8.01. The van der Waals surface area contributed by atoms with Gasteiger partial charge in [-0.25, -0.2) is 0 Å². The highest BCUT2D eigenvalue weighted by Crippen LogP contribution is 2.27. The third kappa shape index (κ3) is 5.66. The second-order valence-electron chi connectivity index (χ2n) is 5.21. The molecule has 2 N–H and O–H groups in total. The van der Waals surface area contributed by atoms with Gasteiger partial charge in [-0.2, -0.15) is 0 Å². The molecule has 29 heavy (non-hydrogen) atoms. The molecular weight excluding hydrogens is 462 g/mol. The van der Waals surface area contributed by atoms with Crippen molar-refractivity contribution < 1.29 is 14.5 Å². The molecule has 0 fully saturated rings. The highest BCUT2D eigenvalue weighted by atomic mass is 35.5. The number of nitro benzene ring substituents is 1. The molecule has 0 atom stereocenters. The molecule has 11 nitrogen and oxygen atoms in total. The van der Waals surface area contributed by atoms with Crippen molar-refractivity contribution >= 4 is 73.8 Å². The van der Waals surface area contributed by atoms with E-state index in [2.05, 4.69) is 31.0 Å². The Morgan fingerprint density at radius 2 is 1.90 bits per heavy atom. The second kappa shape index (κ2) is 9.21. The standard InChI is InChI=1S/C14H10ClN7O4S3/c1-6-18-19-12(28-6)16-10(23)5-27-14-21-20-13(29-14)17-11(24)8-4-7(22(25)26)2-3-9(8)15/h2-4H,5H2,1H3,(H,16,19,23)(H,17,20,24). The summed E-state index contributed by atoms with van der Waals surface area (Å²) in [5, 5.41) is 32.7. The molecule has 1 aromatic carbocycles.